The van der Waals surface area contributed by atoms with E-state index in [0.29, 0.717) is 31.7 Å². The zero-order valence-electron chi connectivity index (χ0n) is 16.2. The molecule has 1 aromatic heterocycles. The number of halogens is 1. The van der Waals surface area contributed by atoms with E-state index < -0.39 is 5.82 Å². The quantitative estimate of drug-likeness (QED) is 0.681. The van der Waals surface area contributed by atoms with Crippen LogP contribution in [0.2, 0.25) is 0 Å². The summed E-state index contributed by atoms with van der Waals surface area (Å²) in [5.74, 6) is 0.323. The lowest BCUT2D eigenvalue weighted by Gasteiger charge is -2.36. The molecule has 0 bridgehead atoms. The summed E-state index contributed by atoms with van der Waals surface area (Å²) in [6.07, 6.45) is 1.59. The van der Waals surface area contributed by atoms with Crippen LogP contribution in [0.25, 0.3) is 10.9 Å². The molecular formula is C22H22FN3O3. The van der Waals surface area contributed by atoms with Crippen molar-refractivity contribution in [1.29, 1.82) is 0 Å². The minimum atomic E-state index is -0.467. The van der Waals surface area contributed by atoms with Crippen LogP contribution in [0.3, 0.4) is 0 Å². The number of methoxy groups -OCH3 is 1. The number of aromatic nitrogens is 1. The Hall–Kier alpha value is -3.35. The van der Waals surface area contributed by atoms with Crippen molar-refractivity contribution in [1.82, 2.24) is 9.47 Å². The molecule has 0 spiro atoms. The predicted molar refractivity (Wildman–Crippen MR) is 110 cm³/mol. The Kier molecular flexibility index (Phi) is 5.20. The molecule has 150 valence electrons. The molecule has 29 heavy (non-hydrogen) atoms. The van der Waals surface area contributed by atoms with Gasteiger partial charge in [-0.15, -0.1) is 0 Å². The third-order valence-corrected chi connectivity index (χ3v) is 5.30. The maximum Gasteiger partial charge on any atom is 0.242 e. The molecule has 2 aromatic carbocycles. The van der Waals surface area contributed by atoms with Crippen molar-refractivity contribution >= 4 is 22.5 Å². The van der Waals surface area contributed by atoms with E-state index in [4.69, 9.17) is 4.74 Å². The lowest BCUT2D eigenvalue weighted by atomic mass is 10.2. The van der Waals surface area contributed by atoms with Crippen molar-refractivity contribution in [2.75, 3.05) is 38.2 Å². The number of fused-ring (bicyclic) bond motifs is 1. The van der Waals surface area contributed by atoms with Crippen molar-refractivity contribution in [2.45, 2.75) is 6.54 Å². The van der Waals surface area contributed by atoms with E-state index >= 15 is 0 Å². The number of benzene rings is 2. The van der Waals surface area contributed by atoms with E-state index in [1.807, 2.05) is 29.2 Å². The maximum absolute atomic E-state index is 13.5. The summed E-state index contributed by atoms with van der Waals surface area (Å²) < 4.78 is 20.6. The van der Waals surface area contributed by atoms with Crippen LogP contribution in [0.4, 0.5) is 10.1 Å². The molecule has 0 N–H and O–H groups in total. The molecule has 0 saturated carbocycles. The number of carbonyl (C=O) groups excluding carboxylic acids is 1. The van der Waals surface area contributed by atoms with E-state index in [2.05, 4.69) is 4.90 Å². The van der Waals surface area contributed by atoms with Gasteiger partial charge in [0.1, 0.15) is 18.1 Å². The van der Waals surface area contributed by atoms with Crippen LogP contribution in [-0.4, -0.2) is 48.7 Å². The molecule has 1 saturated heterocycles. The molecule has 1 aliphatic heterocycles. The van der Waals surface area contributed by atoms with E-state index in [1.165, 1.54) is 18.2 Å². The van der Waals surface area contributed by atoms with Gasteiger partial charge in [0.05, 0.1) is 18.3 Å². The number of hydrogen-bond donors (Lipinski definition) is 0. The van der Waals surface area contributed by atoms with Crippen molar-refractivity contribution in [2.24, 2.45) is 0 Å². The molecule has 2 heterocycles. The predicted octanol–water partition coefficient (Wildman–Crippen LogP) is 2.50. The summed E-state index contributed by atoms with van der Waals surface area (Å²) in [6.45, 7) is 2.73. The Morgan fingerprint density at radius 1 is 1.07 bits per heavy atom. The second kappa shape index (κ2) is 7.95. The third kappa shape index (κ3) is 3.81. The fourth-order valence-electron chi connectivity index (χ4n) is 3.76. The molecule has 6 nitrogen and oxygen atoms in total. The maximum atomic E-state index is 13.5. The Morgan fingerprint density at radius 2 is 1.83 bits per heavy atom. The Morgan fingerprint density at radius 3 is 2.59 bits per heavy atom. The van der Waals surface area contributed by atoms with Crippen molar-refractivity contribution in [3.63, 3.8) is 0 Å². The highest BCUT2D eigenvalue weighted by atomic mass is 19.1. The normalized spacial score (nSPS) is 14.3. The first kappa shape index (κ1) is 19.0. The standard InChI is InChI=1S/C22H22FN3O3/c1-29-21-5-3-2-4-19(21)24-10-12-25(13-11-24)22(28)15-26-9-8-20(27)17-14-16(23)6-7-18(17)26/h2-9,14H,10-13,15H2,1H3. The van der Waals surface area contributed by atoms with E-state index in [-0.39, 0.29) is 23.3 Å². The van der Waals surface area contributed by atoms with Gasteiger partial charge in [-0.2, -0.15) is 0 Å². The number of hydrogen-bond acceptors (Lipinski definition) is 4. The second-order valence-electron chi connectivity index (χ2n) is 7.01. The minimum Gasteiger partial charge on any atom is -0.495 e. The number of para-hydroxylation sites is 2. The average molecular weight is 395 g/mol. The van der Waals surface area contributed by atoms with E-state index in [1.54, 1.807) is 23.9 Å². The van der Waals surface area contributed by atoms with Crippen LogP contribution in [0.1, 0.15) is 0 Å². The van der Waals surface area contributed by atoms with Crippen LogP contribution < -0.4 is 15.1 Å². The van der Waals surface area contributed by atoms with Gasteiger partial charge < -0.3 is 19.1 Å². The van der Waals surface area contributed by atoms with Crippen molar-refractivity contribution in [3.05, 3.63) is 70.8 Å². The zero-order chi connectivity index (χ0) is 20.4. The summed E-state index contributed by atoms with van der Waals surface area (Å²) >= 11 is 0. The first-order chi connectivity index (χ1) is 14.1. The number of amides is 1. The van der Waals surface area contributed by atoms with Gasteiger partial charge >= 0.3 is 0 Å². The lowest BCUT2D eigenvalue weighted by Crippen LogP contribution is -2.49. The fourth-order valence-corrected chi connectivity index (χ4v) is 3.76. The number of anilines is 1. The summed E-state index contributed by atoms with van der Waals surface area (Å²) in [4.78, 5) is 28.9. The van der Waals surface area contributed by atoms with Gasteiger partial charge in [0.25, 0.3) is 0 Å². The number of piperazine rings is 1. The molecule has 3 aromatic rings. The summed E-state index contributed by atoms with van der Waals surface area (Å²) in [7, 11) is 1.65. The van der Waals surface area contributed by atoms with Crippen molar-refractivity contribution in [3.8, 4) is 5.75 Å². The zero-order valence-corrected chi connectivity index (χ0v) is 16.2. The largest absolute Gasteiger partial charge is 0.495 e. The topological polar surface area (TPSA) is 54.8 Å². The fraction of sp³-hybridized carbons (Fsp3) is 0.273. The first-order valence-electron chi connectivity index (χ1n) is 9.51. The Labute approximate surface area is 167 Å². The van der Waals surface area contributed by atoms with Gasteiger partial charge in [0, 0.05) is 43.8 Å². The number of nitrogens with zero attached hydrogens (tertiary/aromatic N) is 3. The number of rotatable bonds is 4. The van der Waals surface area contributed by atoms with Crippen LogP contribution >= 0.6 is 0 Å². The monoisotopic (exact) mass is 395 g/mol. The summed E-state index contributed by atoms with van der Waals surface area (Å²) in [6, 6.07) is 13.3. The summed E-state index contributed by atoms with van der Waals surface area (Å²) in [5, 5.41) is 0.279. The highest BCUT2D eigenvalue weighted by Gasteiger charge is 2.23. The van der Waals surface area contributed by atoms with E-state index in [0.717, 1.165) is 11.4 Å². The molecule has 1 fully saturated rings. The molecule has 1 amide bonds. The van der Waals surface area contributed by atoms with Gasteiger partial charge in [0.2, 0.25) is 5.91 Å². The Balaban J connectivity index is 1.46. The molecule has 0 unspecified atom stereocenters. The SMILES string of the molecule is COc1ccccc1N1CCN(C(=O)Cn2ccc(=O)c3cc(F)ccc32)CC1. The van der Waals surface area contributed by atoms with Gasteiger partial charge in [0.15, 0.2) is 5.43 Å². The molecule has 0 aliphatic carbocycles. The van der Waals surface area contributed by atoms with Crippen LogP contribution in [-0.2, 0) is 11.3 Å². The summed E-state index contributed by atoms with van der Waals surface area (Å²) in [5.41, 5.74) is 1.32. The number of ether oxygens (including phenoxy) is 1. The average Bonchev–Trinajstić information content (AvgIpc) is 2.76. The van der Waals surface area contributed by atoms with Crippen LogP contribution in [0.5, 0.6) is 5.75 Å². The van der Waals surface area contributed by atoms with E-state index in [9.17, 15) is 14.0 Å². The van der Waals surface area contributed by atoms with Gasteiger partial charge in [-0.1, -0.05) is 12.1 Å². The highest BCUT2D eigenvalue weighted by Crippen LogP contribution is 2.28. The molecule has 1 aliphatic rings. The van der Waals surface area contributed by atoms with Gasteiger partial charge in [-0.25, -0.2) is 4.39 Å². The van der Waals surface area contributed by atoms with Crippen molar-refractivity contribution < 1.29 is 13.9 Å². The molecule has 7 heteroatoms. The molecule has 0 radical (unpaired) electrons. The molecule has 0 atom stereocenters. The number of carbonyl (C=O) groups is 1. The van der Waals surface area contributed by atoms with Gasteiger partial charge in [-0.05, 0) is 30.3 Å². The molecular weight excluding hydrogens is 373 g/mol. The third-order valence-electron chi connectivity index (χ3n) is 5.30. The number of pyridine rings is 1. The van der Waals surface area contributed by atoms with Crippen LogP contribution in [0.15, 0.2) is 59.5 Å². The second-order valence-corrected chi connectivity index (χ2v) is 7.01. The first-order valence-corrected chi connectivity index (χ1v) is 9.51. The highest BCUT2D eigenvalue weighted by molar-refractivity contribution is 5.82. The lowest BCUT2D eigenvalue weighted by molar-refractivity contribution is -0.132. The minimum absolute atomic E-state index is 0.0287. The van der Waals surface area contributed by atoms with Gasteiger partial charge in [-0.3, -0.25) is 9.59 Å². The van der Waals surface area contributed by atoms with Crippen LogP contribution in [0, 0.1) is 5.82 Å². The smallest absolute Gasteiger partial charge is 0.242 e. The molecule has 4 rings (SSSR count). The Bertz CT molecular complexity index is 1100.